The number of anilines is 2. The van der Waals surface area contributed by atoms with E-state index < -0.39 is 5.60 Å². The number of aryl methyl sites for hydroxylation is 3. The number of amides is 1. The summed E-state index contributed by atoms with van der Waals surface area (Å²) in [7, 11) is 0. The van der Waals surface area contributed by atoms with E-state index in [1.54, 1.807) is 28.8 Å². The molecule has 5 rings (SSSR count). The molecule has 0 fully saturated rings. The number of rotatable bonds is 4. The van der Waals surface area contributed by atoms with E-state index in [1.807, 2.05) is 65.0 Å². The van der Waals surface area contributed by atoms with Crippen molar-refractivity contribution in [1.29, 1.82) is 0 Å². The third-order valence-corrected chi connectivity index (χ3v) is 7.19. The Balaban J connectivity index is 1.39. The van der Waals surface area contributed by atoms with E-state index in [9.17, 15) is 4.79 Å². The monoisotopic (exact) mass is 517 g/mol. The van der Waals surface area contributed by atoms with Crippen molar-refractivity contribution in [3.63, 3.8) is 0 Å². The van der Waals surface area contributed by atoms with Gasteiger partial charge in [-0.25, -0.2) is 14.8 Å². The lowest BCUT2D eigenvalue weighted by molar-refractivity contribution is 0.0238. The Hall–Kier alpha value is -3.72. The van der Waals surface area contributed by atoms with Crippen LogP contribution in [0.4, 0.5) is 16.3 Å². The number of thiophene rings is 1. The number of pyridine rings is 1. The van der Waals surface area contributed by atoms with E-state index >= 15 is 0 Å². The Labute approximate surface area is 220 Å². The minimum absolute atomic E-state index is 0.276. The Morgan fingerprint density at radius 3 is 2.68 bits per heavy atom. The molecule has 1 amide bonds. The summed E-state index contributed by atoms with van der Waals surface area (Å²) in [6.07, 6.45) is 4.74. The standard InChI is InChI=1S/C28H31N5O3S/c1-17-13-19(9-11-22(17)35-20-10-8-18(2)29-14-20)32-25-24-21-7-6-12-33(27(34)36-28(3,4)5)15-23(21)37-26(24)31-16-30-25/h8-11,13-14,16H,6-7,12,15H2,1-5H3,(H,30,31,32). The highest BCUT2D eigenvalue weighted by Gasteiger charge is 2.27. The Morgan fingerprint density at radius 1 is 1.11 bits per heavy atom. The van der Waals surface area contributed by atoms with Crippen LogP contribution < -0.4 is 10.1 Å². The van der Waals surface area contributed by atoms with E-state index in [0.29, 0.717) is 18.8 Å². The number of aromatic nitrogens is 3. The number of hydrogen-bond acceptors (Lipinski definition) is 8. The van der Waals surface area contributed by atoms with Gasteiger partial charge in [-0.3, -0.25) is 4.98 Å². The molecule has 192 valence electrons. The third kappa shape index (κ3) is 5.67. The highest BCUT2D eigenvalue weighted by molar-refractivity contribution is 7.19. The quantitative estimate of drug-likeness (QED) is 0.314. The molecule has 4 heterocycles. The number of benzene rings is 1. The second-order valence-corrected chi connectivity index (χ2v) is 11.3. The minimum atomic E-state index is -0.523. The maximum absolute atomic E-state index is 12.7. The molecule has 4 aromatic rings. The van der Waals surface area contributed by atoms with Crippen LogP contribution in [0.25, 0.3) is 10.2 Å². The van der Waals surface area contributed by atoms with E-state index in [0.717, 1.165) is 56.4 Å². The summed E-state index contributed by atoms with van der Waals surface area (Å²) >= 11 is 1.62. The van der Waals surface area contributed by atoms with E-state index in [4.69, 9.17) is 9.47 Å². The van der Waals surface area contributed by atoms with Crippen molar-refractivity contribution < 1.29 is 14.3 Å². The maximum atomic E-state index is 12.7. The van der Waals surface area contributed by atoms with Crippen molar-refractivity contribution in [2.24, 2.45) is 0 Å². The van der Waals surface area contributed by atoms with E-state index in [-0.39, 0.29) is 6.09 Å². The van der Waals surface area contributed by atoms with Gasteiger partial charge in [-0.2, -0.15) is 0 Å². The molecule has 0 radical (unpaired) electrons. The lowest BCUT2D eigenvalue weighted by atomic mass is 10.1. The van der Waals surface area contributed by atoms with Gasteiger partial charge in [0, 0.05) is 22.8 Å². The summed E-state index contributed by atoms with van der Waals surface area (Å²) in [6.45, 7) is 10.8. The number of nitrogens with zero attached hydrogens (tertiary/aromatic N) is 4. The summed E-state index contributed by atoms with van der Waals surface area (Å²) in [5.74, 6) is 2.24. The molecule has 1 aliphatic heterocycles. The fraction of sp³-hybridized carbons (Fsp3) is 0.357. The molecule has 0 spiro atoms. The smallest absolute Gasteiger partial charge is 0.410 e. The molecule has 0 saturated heterocycles. The van der Waals surface area contributed by atoms with Crippen LogP contribution in [0.3, 0.4) is 0 Å². The van der Waals surface area contributed by atoms with Gasteiger partial charge < -0.3 is 19.7 Å². The highest BCUT2D eigenvalue weighted by Crippen LogP contribution is 2.38. The van der Waals surface area contributed by atoms with Crippen molar-refractivity contribution in [3.8, 4) is 11.5 Å². The SMILES string of the molecule is Cc1ccc(Oc2ccc(Nc3ncnc4sc5c(c34)CCCN(C(=O)OC(C)(C)C)C5)cc2C)cn1. The first-order chi connectivity index (χ1) is 17.7. The predicted molar refractivity (Wildman–Crippen MR) is 146 cm³/mol. The van der Waals surface area contributed by atoms with Crippen LogP contribution >= 0.6 is 11.3 Å². The van der Waals surface area contributed by atoms with Crippen molar-refractivity contribution in [2.75, 3.05) is 11.9 Å². The van der Waals surface area contributed by atoms with Crippen LogP contribution in [-0.2, 0) is 17.7 Å². The lowest BCUT2D eigenvalue weighted by Gasteiger charge is -2.26. The maximum Gasteiger partial charge on any atom is 0.410 e. The van der Waals surface area contributed by atoms with Crippen LogP contribution in [0.2, 0.25) is 0 Å². The number of fused-ring (bicyclic) bond motifs is 3. The van der Waals surface area contributed by atoms with Gasteiger partial charge in [-0.05, 0) is 88.9 Å². The van der Waals surface area contributed by atoms with Crippen LogP contribution in [0.5, 0.6) is 11.5 Å². The van der Waals surface area contributed by atoms with Gasteiger partial charge in [0.05, 0.1) is 18.1 Å². The van der Waals surface area contributed by atoms with Crippen molar-refractivity contribution >= 4 is 39.2 Å². The minimum Gasteiger partial charge on any atom is -0.455 e. The molecule has 8 nitrogen and oxygen atoms in total. The molecule has 1 aliphatic rings. The zero-order valence-electron chi connectivity index (χ0n) is 21.8. The van der Waals surface area contributed by atoms with Gasteiger partial charge >= 0.3 is 6.09 Å². The Kier molecular flexibility index (Phi) is 6.72. The van der Waals surface area contributed by atoms with Crippen LogP contribution in [0.1, 0.15) is 48.9 Å². The first kappa shape index (κ1) is 25.0. The van der Waals surface area contributed by atoms with Crippen LogP contribution in [-0.4, -0.2) is 38.1 Å². The summed E-state index contributed by atoms with van der Waals surface area (Å²) in [4.78, 5) is 30.0. The summed E-state index contributed by atoms with van der Waals surface area (Å²) in [5, 5.41) is 4.52. The van der Waals surface area contributed by atoms with Gasteiger partial charge in [0.25, 0.3) is 0 Å². The second-order valence-electron chi connectivity index (χ2n) is 10.3. The van der Waals surface area contributed by atoms with Crippen LogP contribution in [0.15, 0.2) is 42.9 Å². The van der Waals surface area contributed by atoms with Crippen LogP contribution in [0, 0.1) is 13.8 Å². The normalized spacial score (nSPS) is 13.7. The molecule has 9 heteroatoms. The van der Waals surface area contributed by atoms with Gasteiger partial charge in [-0.1, -0.05) is 0 Å². The lowest BCUT2D eigenvalue weighted by Crippen LogP contribution is -2.36. The van der Waals surface area contributed by atoms with E-state index in [1.165, 1.54) is 5.56 Å². The number of carbonyl (C=O) groups is 1. The summed E-state index contributed by atoms with van der Waals surface area (Å²) < 4.78 is 11.6. The van der Waals surface area contributed by atoms with Gasteiger partial charge in [0.1, 0.15) is 34.1 Å². The molecular weight excluding hydrogens is 486 g/mol. The Bertz CT molecular complexity index is 1440. The molecule has 0 atom stereocenters. The molecule has 0 saturated carbocycles. The number of nitrogens with one attached hydrogen (secondary N) is 1. The average molecular weight is 518 g/mol. The highest BCUT2D eigenvalue weighted by atomic mass is 32.1. The molecule has 0 unspecified atom stereocenters. The molecule has 0 aliphatic carbocycles. The average Bonchev–Trinajstić information content (AvgIpc) is 3.05. The Morgan fingerprint density at radius 2 is 1.95 bits per heavy atom. The largest absolute Gasteiger partial charge is 0.455 e. The molecule has 0 bridgehead atoms. The third-order valence-electron chi connectivity index (χ3n) is 6.06. The fourth-order valence-corrected chi connectivity index (χ4v) is 5.53. The number of hydrogen-bond donors (Lipinski definition) is 1. The van der Waals surface area contributed by atoms with Gasteiger partial charge in [0.2, 0.25) is 0 Å². The fourth-order valence-electron chi connectivity index (χ4n) is 4.32. The zero-order chi connectivity index (χ0) is 26.2. The zero-order valence-corrected chi connectivity index (χ0v) is 22.6. The molecular formula is C28H31N5O3S. The van der Waals surface area contributed by atoms with Crippen molar-refractivity contribution in [3.05, 3.63) is 64.6 Å². The topological polar surface area (TPSA) is 89.5 Å². The van der Waals surface area contributed by atoms with E-state index in [2.05, 4.69) is 20.3 Å². The molecule has 1 aromatic carbocycles. The second kappa shape index (κ2) is 9.97. The van der Waals surface area contributed by atoms with Crippen molar-refractivity contribution in [2.45, 2.75) is 59.6 Å². The van der Waals surface area contributed by atoms with Gasteiger partial charge in [0.15, 0.2) is 0 Å². The van der Waals surface area contributed by atoms with Crippen molar-refractivity contribution in [1.82, 2.24) is 19.9 Å². The molecule has 1 N–H and O–H groups in total. The number of carbonyl (C=O) groups excluding carboxylic acids is 1. The first-order valence-corrected chi connectivity index (χ1v) is 13.2. The molecule has 37 heavy (non-hydrogen) atoms. The predicted octanol–water partition coefficient (Wildman–Crippen LogP) is 6.92. The number of ether oxygens (including phenoxy) is 2. The molecule has 3 aromatic heterocycles. The first-order valence-electron chi connectivity index (χ1n) is 12.4. The summed E-state index contributed by atoms with van der Waals surface area (Å²) in [5.41, 5.74) is 3.54. The van der Waals surface area contributed by atoms with Gasteiger partial charge in [-0.15, -0.1) is 11.3 Å². The summed E-state index contributed by atoms with van der Waals surface area (Å²) in [6, 6.07) is 9.81.